The Balaban J connectivity index is 1.70. The lowest BCUT2D eigenvalue weighted by molar-refractivity contribution is 0.340. The summed E-state index contributed by atoms with van der Waals surface area (Å²) in [5.41, 5.74) is 1.32. The normalized spacial score (nSPS) is 11.4. The largest absolute Gasteiger partial charge is 0.494 e. The Bertz CT molecular complexity index is 1040. The Morgan fingerprint density at radius 3 is 2.03 bits per heavy atom. The van der Waals surface area contributed by atoms with Gasteiger partial charge in [0.2, 0.25) is 15.9 Å². The van der Waals surface area contributed by atoms with Gasteiger partial charge in [0.15, 0.2) is 0 Å². The lowest BCUT2D eigenvalue weighted by Crippen LogP contribution is -2.23. The van der Waals surface area contributed by atoms with E-state index in [1.807, 2.05) is 38.1 Å². The summed E-state index contributed by atoms with van der Waals surface area (Å²) in [6, 6.07) is 13.7. The average Bonchev–Trinajstić information content (AvgIpc) is 3.09. The van der Waals surface area contributed by atoms with Crippen LogP contribution in [0.15, 0.2) is 57.8 Å². The van der Waals surface area contributed by atoms with Crippen LogP contribution in [-0.2, 0) is 16.6 Å². The molecule has 0 unspecified atom stereocenters. The van der Waals surface area contributed by atoms with Crippen LogP contribution in [0.5, 0.6) is 11.5 Å². The van der Waals surface area contributed by atoms with E-state index in [0.29, 0.717) is 36.3 Å². The molecule has 154 valence electrons. The van der Waals surface area contributed by atoms with E-state index in [-0.39, 0.29) is 11.4 Å². The summed E-state index contributed by atoms with van der Waals surface area (Å²) in [6.07, 6.45) is 0. The summed E-state index contributed by atoms with van der Waals surface area (Å²) >= 11 is 0. The van der Waals surface area contributed by atoms with Crippen LogP contribution in [0.2, 0.25) is 0 Å². The Labute approximate surface area is 170 Å². The molecule has 0 aliphatic heterocycles. The number of sulfonamides is 1. The van der Waals surface area contributed by atoms with Crippen molar-refractivity contribution in [2.45, 2.75) is 32.2 Å². The predicted molar refractivity (Wildman–Crippen MR) is 109 cm³/mol. The molecule has 3 rings (SSSR count). The van der Waals surface area contributed by atoms with Gasteiger partial charge in [0.25, 0.3) is 0 Å². The van der Waals surface area contributed by atoms with Gasteiger partial charge in [-0.15, -0.1) is 0 Å². The second-order valence-corrected chi connectivity index (χ2v) is 7.98. The molecule has 0 aliphatic carbocycles. The number of nitrogens with zero attached hydrogens (tertiary/aromatic N) is 1. The molecular formula is C21H24N2O5S. The summed E-state index contributed by atoms with van der Waals surface area (Å²) in [7, 11) is -3.68. The molecule has 0 aliphatic rings. The number of aryl methyl sites for hydroxylation is 1. The summed E-state index contributed by atoms with van der Waals surface area (Å²) in [4.78, 5) is 4.60. The molecule has 0 radical (unpaired) electrons. The van der Waals surface area contributed by atoms with Gasteiger partial charge in [-0.3, -0.25) is 0 Å². The third kappa shape index (κ3) is 5.16. The molecule has 8 heteroatoms. The van der Waals surface area contributed by atoms with Crippen molar-refractivity contribution >= 4 is 10.0 Å². The minimum Gasteiger partial charge on any atom is -0.494 e. The smallest absolute Gasteiger partial charge is 0.240 e. The second kappa shape index (κ2) is 9.11. The van der Waals surface area contributed by atoms with Crippen LogP contribution in [0.1, 0.15) is 25.3 Å². The van der Waals surface area contributed by atoms with Gasteiger partial charge >= 0.3 is 0 Å². The Morgan fingerprint density at radius 2 is 1.48 bits per heavy atom. The highest BCUT2D eigenvalue weighted by atomic mass is 32.2. The summed E-state index contributed by atoms with van der Waals surface area (Å²) in [5.74, 6) is 2.38. The highest BCUT2D eigenvalue weighted by Crippen LogP contribution is 2.24. The van der Waals surface area contributed by atoms with Crippen LogP contribution in [-0.4, -0.2) is 26.6 Å². The first-order valence-electron chi connectivity index (χ1n) is 9.35. The standard InChI is InChI=1S/C21H24N2O5S/c1-4-26-17-8-6-16(7-9-17)21-23-20(15(3)28-21)14-22-29(24,25)19-12-10-18(11-13-19)27-5-2/h6-13,22H,4-5,14H2,1-3H3. The molecule has 1 N–H and O–H groups in total. The van der Waals surface area contributed by atoms with Crippen molar-refractivity contribution in [1.29, 1.82) is 0 Å². The summed E-state index contributed by atoms with van der Waals surface area (Å²) in [5, 5.41) is 0. The third-order valence-corrected chi connectivity index (χ3v) is 5.60. The fourth-order valence-electron chi connectivity index (χ4n) is 2.70. The fraction of sp³-hybridized carbons (Fsp3) is 0.286. The van der Waals surface area contributed by atoms with Crippen molar-refractivity contribution in [3.05, 3.63) is 60.0 Å². The zero-order valence-electron chi connectivity index (χ0n) is 16.6. The molecule has 0 atom stereocenters. The first kappa shape index (κ1) is 20.9. The van der Waals surface area contributed by atoms with E-state index < -0.39 is 10.0 Å². The van der Waals surface area contributed by atoms with Gasteiger partial charge in [-0.2, -0.15) is 0 Å². The van der Waals surface area contributed by atoms with E-state index in [1.165, 1.54) is 12.1 Å². The van der Waals surface area contributed by atoms with Crippen LogP contribution in [0.25, 0.3) is 11.5 Å². The van der Waals surface area contributed by atoms with Crippen LogP contribution >= 0.6 is 0 Å². The van der Waals surface area contributed by atoms with Crippen LogP contribution in [0.3, 0.4) is 0 Å². The number of nitrogens with one attached hydrogen (secondary N) is 1. The quantitative estimate of drug-likeness (QED) is 0.568. The van der Waals surface area contributed by atoms with Gasteiger partial charge in [0.1, 0.15) is 17.3 Å². The molecular weight excluding hydrogens is 392 g/mol. The van der Waals surface area contributed by atoms with Crippen LogP contribution in [0, 0.1) is 6.92 Å². The minimum absolute atomic E-state index is 0.0297. The lowest BCUT2D eigenvalue weighted by atomic mass is 10.2. The third-order valence-electron chi connectivity index (χ3n) is 4.18. The molecule has 1 heterocycles. The first-order chi connectivity index (χ1) is 13.9. The van der Waals surface area contributed by atoms with E-state index in [2.05, 4.69) is 9.71 Å². The van der Waals surface area contributed by atoms with Gasteiger partial charge in [-0.1, -0.05) is 0 Å². The molecule has 0 bridgehead atoms. The number of benzene rings is 2. The van der Waals surface area contributed by atoms with Crippen molar-refractivity contribution in [2.75, 3.05) is 13.2 Å². The number of hydrogen-bond donors (Lipinski definition) is 1. The number of ether oxygens (including phenoxy) is 2. The SMILES string of the molecule is CCOc1ccc(-c2nc(CNS(=O)(=O)c3ccc(OCC)cc3)c(C)o2)cc1. The van der Waals surface area contributed by atoms with Gasteiger partial charge < -0.3 is 13.9 Å². The Hall–Kier alpha value is -2.84. The molecule has 2 aromatic carbocycles. The van der Waals surface area contributed by atoms with E-state index in [9.17, 15) is 8.42 Å². The fourth-order valence-corrected chi connectivity index (χ4v) is 3.69. The van der Waals surface area contributed by atoms with Crippen molar-refractivity contribution in [3.8, 4) is 23.0 Å². The number of hydrogen-bond acceptors (Lipinski definition) is 6. The van der Waals surface area contributed by atoms with Gasteiger partial charge in [-0.25, -0.2) is 18.1 Å². The van der Waals surface area contributed by atoms with E-state index in [1.54, 1.807) is 19.1 Å². The molecule has 0 saturated heterocycles. The predicted octanol–water partition coefficient (Wildman–Crippen LogP) is 3.93. The molecule has 1 aromatic heterocycles. The van der Waals surface area contributed by atoms with Crippen LogP contribution < -0.4 is 14.2 Å². The topological polar surface area (TPSA) is 90.7 Å². The Kier molecular flexibility index (Phi) is 6.56. The first-order valence-corrected chi connectivity index (χ1v) is 10.8. The highest BCUT2D eigenvalue weighted by molar-refractivity contribution is 7.89. The van der Waals surface area contributed by atoms with E-state index in [4.69, 9.17) is 13.9 Å². The Morgan fingerprint density at radius 1 is 0.931 bits per heavy atom. The maximum Gasteiger partial charge on any atom is 0.240 e. The maximum atomic E-state index is 12.5. The summed E-state index contributed by atoms with van der Waals surface area (Å²) in [6.45, 7) is 6.69. The number of rotatable bonds is 9. The van der Waals surface area contributed by atoms with Crippen LogP contribution in [0.4, 0.5) is 0 Å². The zero-order valence-corrected chi connectivity index (χ0v) is 17.5. The van der Waals surface area contributed by atoms with Crippen molar-refractivity contribution in [3.63, 3.8) is 0 Å². The molecule has 3 aromatic rings. The molecule has 0 fully saturated rings. The maximum absolute atomic E-state index is 12.5. The molecule has 7 nitrogen and oxygen atoms in total. The zero-order chi connectivity index (χ0) is 20.9. The van der Waals surface area contributed by atoms with Gasteiger partial charge in [0, 0.05) is 5.56 Å². The highest BCUT2D eigenvalue weighted by Gasteiger charge is 2.17. The van der Waals surface area contributed by atoms with Crippen molar-refractivity contribution in [1.82, 2.24) is 9.71 Å². The lowest BCUT2D eigenvalue weighted by Gasteiger charge is -2.07. The summed E-state index contributed by atoms with van der Waals surface area (Å²) < 4.78 is 44.1. The average molecular weight is 416 g/mol. The molecule has 0 saturated carbocycles. The molecule has 0 amide bonds. The van der Waals surface area contributed by atoms with Crippen molar-refractivity contribution < 1.29 is 22.3 Å². The van der Waals surface area contributed by atoms with Crippen molar-refractivity contribution in [2.24, 2.45) is 0 Å². The van der Waals surface area contributed by atoms with E-state index >= 15 is 0 Å². The number of oxazole rings is 1. The molecule has 0 spiro atoms. The minimum atomic E-state index is -3.68. The molecule has 29 heavy (non-hydrogen) atoms. The monoisotopic (exact) mass is 416 g/mol. The second-order valence-electron chi connectivity index (χ2n) is 6.21. The number of aromatic nitrogens is 1. The van der Waals surface area contributed by atoms with E-state index in [0.717, 1.165) is 11.3 Å². The van der Waals surface area contributed by atoms with Gasteiger partial charge in [-0.05, 0) is 69.3 Å². The van der Waals surface area contributed by atoms with Gasteiger partial charge in [0.05, 0.1) is 30.3 Å².